The molecule has 2 aromatic carbocycles. The lowest BCUT2D eigenvalue weighted by atomic mass is 10.0. The molecule has 0 aromatic heterocycles. The highest BCUT2D eigenvalue weighted by Gasteiger charge is 2.33. The summed E-state index contributed by atoms with van der Waals surface area (Å²) in [6.45, 7) is 10.5. The van der Waals surface area contributed by atoms with Crippen LogP contribution in [0, 0.1) is 13.8 Å². The number of halogens is 1. The van der Waals surface area contributed by atoms with Crippen molar-refractivity contribution in [2.45, 2.75) is 39.8 Å². The van der Waals surface area contributed by atoms with Gasteiger partial charge in [0.2, 0.25) is 0 Å². The Labute approximate surface area is 160 Å². The molecule has 1 N–H and O–H groups in total. The van der Waals surface area contributed by atoms with Crippen molar-refractivity contribution < 1.29 is 13.9 Å². The van der Waals surface area contributed by atoms with Crippen molar-refractivity contribution in [2.24, 2.45) is 0 Å². The van der Waals surface area contributed by atoms with Gasteiger partial charge in [-0.05, 0) is 52.0 Å². The van der Waals surface area contributed by atoms with Crippen LogP contribution in [0.15, 0.2) is 61.0 Å². The highest BCUT2D eigenvalue weighted by molar-refractivity contribution is 5.94. The summed E-state index contributed by atoms with van der Waals surface area (Å²) in [4.78, 5) is 13.1. The number of aryl methyl sites for hydroxylation is 2. The molecule has 27 heavy (non-hydrogen) atoms. The Kier molecular flexibility index (Phi) is 6.61. The summed E-state index contributed by atoms with van der Waals surface area (Å²) in [6, 6.07) is 15.2. The third kappa shape index (κ3) is 5.58. The number of hydrogen-bond acceptors (Lipinski definition) is 3. The maximum Gasteiger partial charge on any atom is 0.272 e. The summed E-state index contributed by atoms with van der Waals surface area (Å²) in [7, 11) is 0. The number of alkyl halides is 1. The van der Waals surface area contributed by atoms with Crippen molar-refractivity contribution in [2.75, 3.05) is 6.67 Å². The lowest BCUT2D eigenvalue weighted by Crippen LogP contribution is -2.56. The average Bonchev–Trinajstić information content (AvgIpc) is 2.64. The number of nitrogens with zero attached hydrogens (tertiary/aromatic N) is 1. The SMILES string of the molecule is C=C(NN(C(=O)c1cc(C)cc(C)c1)C(C)(C)CF)OCc1ccccc1. The van der Waals surface area contributed by atoms with Crippen LogP contribution in [-0.4, -0.2) is 23.1 Å². The highest BCUT2D eigenvalue weighted by atomic mass is 19.1. The molecule has 0 saturated heterocycles. The van der Waals surface area contributed by atoms with Crippen LogP contribution >= 0.6 is 0 Å². The standard InChI is InChI=1S/C22H27FN2O2/c1-16-11-17(2)13-20(12-16)21(26)25(22(4,5)15-23)24-18(3)27-14-19-9-7-6-8-10-19/h6-13,24H,3,14-15H2,1-2,4-5H3. The summed E-state index contributed by atoms with van der Waals surface area (Å²) < 4.78 is 19.3. The van der Waals surface area contributed by atoms with Gasteiger partial charge in [-0.15, -0.1) is 0 Å². The zero-order chi connectivity index (χ0) is 20.0. The molecule has 0 aliphatic heterocycles. The Balaban J connectivity index is 2.16. The first-order valence-electron chi connectivity index (χ1n) is 8.84. The van der Waals surface area contributed by atoms with Crippen LogP contribution in [0.25, 0.3) is 0 Å². The first-order valence-corrected chi connectivity index (χ1v) is 8.84. The number of nitrogens with one attached hydrogen (secondary N) is 1. The molecule has 0 saturated carbocycles. The van der Waals surface area contributed by atoms with Gasteiger partial charge >= 0.3 is 0 Å². The van der Waals surface area contributed by atoms with E-state index in [2.05, 4.69) is 12.0 Å². The number of rotatable bonds is 8. The van der Waals surface area contributed by atoms with Crippen LogP contribution < -0.4 is 5.43 Å². The number of carbonyl (C=O) groups is 1. The minimum absolute atomic E-state index is 0.179. The maximum atomic E-state index is 13.7. The Morgan fingerprint density at radius 2 is 1.74 bits per heavy atom. The van der Waals surface area contributed by atoms with E-state index in [1.807, 2.05) is 50.2 Å². The largest absolute Gasteiger partial charge is 0.474 e. The number of carbonyl (C=O) groups excluding carboxylic acids is 1. The smallest absolute Gasteiger partial charge is 0.272 e. The second-order valence-corrected chi connectivity index (χ2v) is 7.27. The molecule has 144 valence electrons. The highest BCUT2D eigenvalue weighted by Crippen LogP contribution is 2.19. The Morgan fingerprint density at radius 1 is 1.15 bits per heavy atom. The van der Waals surface area contributed by atoms with Gasteiger partial charge in [0.25, 0.3) is 5.91 Å². The molecule has 4 nitrogen and oxygen atoms in total. The zero-order valence-corrected chi connectivity index (χ0v) is 16.4. The van der Waals surface area contributed by atoms with Gasteiger partial charge in [0.05, 0.1) is 5.54 Å². The fourth-order valence-corrected chi connectivity index (χ4v) is 2.67. The van der Waals surface area contributed by atoms with E-state index in [1.165, 1.54) is 5.01 Å². The lowest BCUT2D eigenvalue weighted by Gasteiger charge is -2.37. The van der Waals surface area contributed by atoms with Crippen LogP contribution in [0.3, 0.4) is 0 Å². The van der Waals surface area contributed by atoms with Gasteiger partial charge in [0, 0.05) is 5.56 Å². The van der Waals surface area contributed by atoms with Gasteiger partial charge in [-0.3, -0.25) is 10.2 Å². The number of benzene rings is 2. The van der Waals surface area contributed by atoms with Crippen molar-refractivity contribution in [1.82, 2.24) is 10.4 Å². The third-order valence-corrected chi connectivity index (χ3v) is 4.10. The summed E-state index contributed by atoms with van der Waals surface area (Å²) in [5.74, 6) is -0.160. The third-order valence-electron chi connectivity index (χ3n) is 4.10. The van der Waals surface area contributed by atoms with Gasteiger partial charge in [0.15, 0.2) is 5.88 Å². The van der Waals surface area contributed by atoms with Crippen molar-refractivity contribution in [1.29, 1.82) is 0 Å². The van der Waals surface area contributed by atoms with Crippen LogP contribution in [0.1, 0.15) is 40.9 Å². The quantitative estimate of drug-likeness (QED) is 0.542. The van der Waals surface area contributed by atoms with Gasteiger partial charge in [0.1, 0.15) is 13.3 Å². The Morgan fingerprint density at radius 3 is 2.30 bits per heavy atom. The van der Waals surface area contributed by atoms with E-state index in [1.54, 1.807) is 26.0 Å². The monoisotopic (exact) mass is 370 g/mol. The molecule has 0 aliphatic rings. The fourth-order valence-electron chi connectivity index (χ4n) is 2.67. The van der Waals surface area contributed by atoms with Gasteiger partial charge in [-0.1, -0.05) is 47.5 Å². The topological polar surface area (TPSA) is 41.6 Å². The molecule has 0 bridgehead atoms. The molecular formula is C22H27FN2O2. The van der Waals surface area contributed by atoms with E-state index in [9.17, 15) is 9.18 Å². The molecule has 0 fully saturated rings. The summed E-state index contributed by atoms with van der Waals surface area (Å²) in [6.07, 6.45) is 0. The minimum atomic E-state index is -1.08. The Bertz CT molecular complexity index is 783. The van der Waals surface area contributed by atoms with Crippen molar-refractivity contribution in [3.63, 3.8) is 0 Å². The number of amides is 1. The van der Waals surface area contributed by atoms with Gasteiger partial charge in [-0.25, -0.2) is 9.40 Å². The molecule has 1 amide bonds. The van der Waals surface area contributed by atoms with Gasteiger partial charge < -0.3 is 4.74 Å². The lowest BCUT2D eigenvalue weighted by molar-refractivity contribution is 0.0172. The van der Waals surface area contributed by atoms with Crippen LogP contribution in [0.2, 0.25) is 0 Å². The zero-order valence-electron chi connectivity index (χ0n) is 16.4. The molecule has 0 atom stereocenters. The predicted octanol–water partition coefficient (Wildman–Crippen LogP) is 4.69. The summed E-state index contributed by atoms with van der Waals surface area (Å²) in [5, 5.41) is 1.24. The number of hydrogen-bond donors (Lipinski definition) is 1. The van der Waals surface area contributed by atoms with Crippen LogP contribution in [-0.2, 0) is 11.3 Å². The summed E-state index contributed by atoms with van der Waals surface area (Å²) >= 11 is 0. The van der Waals surface area contributed by atoms with Crippen molar-refractivity contribution in [3.05, 3.63) is 83.2 Å². The minimum Gasteiger partial charge on any atom is -0.474 e. The maximum absolute atomic E-state index is 13.7. The average molecular weight is 370 g/mol. The first kappa shape index (κ1) is 20.5. The van der Waals surface area contributed by atoms with E-state index in [-0.39, 0.29) is 11.8 Å². The molecule has 2 rings (SSSR count). The van der Waals surface area contributed by atoms with E-state index in [4.69, 9.17) is 4.74 Å². The summed E-state index contributed by atoms with van der Waals surface area (Å²) in [5.41, 5.74) is 5.16. The fraction of sp³-hybridized carbons (Fsp3) is 0.318. The first-order chi connectivity index (χ1) is 12.7. The van der Waals surface area contributed by atoms with E-state index in [0.717, 1.165) is 16.7 Å². The number of ether oxygens (including phenoxy) is 1. The van der Waals surface area contributed by atoms with E-state index in [0.29, 0.717) is 12.2 Å². The molecule has 0 radical (unpaired) electrons. The molecule has 0 unspecified atom stereocenters. The molecule has 0 spiro atoms. The number of hydrazine groups is 1. The second kappa shape index (κ2) is 8.71. The molecule has 0 heterocycles. The molecule has 0 aliphatic carbocycles. The van der Waals surface area contributed by atoms with E-state index < -0.39 is 12.2 Å². The second-order valence-electron chi connectivity index (χ2n) is 7.27. The molecular weight excluding hydrogens is 343 g/mol. The van der Waals surface area contributed by atoms with Crippen molar-refractivity contribution >= 4 is 5.91 Å². The normalized spacial score (nSPS) is 11.0. The molecule has 2 aromatic rings. The predicted molar refractivity (Wildman–Crippen MR) is 106 cm³/mol. The van der Waals surface area contributed by atoms with Crippen LogP contribution in [0.5, 0.6) is 0 Å². The van der Waals surface area contributed by atoms with Gasteiger partial charge in [-0.2, -0.15) is 0 Å². The van der Waals surface area contributed by atoms with Crippen LogP contribution in [0.4, 0.5) is 4.39 Å². The Hall–Kier alpha value is -2.82. The molecule has 5 heteroatoms. The van der Waals surface area contributed by atoms with E-state index >= 15 is 0 Å². The van der Waals surface area contributed by atoms with Crippen molar-refractivity contribution in [3.8, 4) is 0 Å².